The van der Waals surface area contributed by atoms with Crippen LogP contribution in [-0.2, 0) is 17.1 Å². The summed E-state index contributed by atoms with van der Waals surface area (Å²) >= 11 is -3.63. The molecule has 29 heavy (non-hydrogen) atoms. The average molecular weight is 616 g/mol. The summed E-state index contributed by atoms with van der Waals surface area (Å²) < 4.78 is 7.80. The number of benzene rings is 1. The molecule has 0 bridgehead atoms. The van der Waals surface area contributed by atoms with Gasteiger partial charge in [-0.05, 0) is 0 Å². The summed E-state index contributed by atoms with van der Waals surface area (Å²) in [5.74, 6) is 0. The summed E-state index contributed by atoms with van der Waals surface area (Å²) in [6.07, 6.45) is 12.5. The zero-order valence-electron chi connectivity index (χ0n) is 19.1. The van der Waals surface area contributed by atoms with E-state index in [1.54, 1.807) is 9.98 Å². The first-order chi connectivity index (χ1) is 12.3. The minimum Gasteiger partial charge on any atom is -0.147 e. The van der Waals surface area contributed by atoms with Gasteiger partial charge in [0.2, 0.25) is 0 Å². The molecule has 0 amide bonds. The maximum Gasteiger partial charge on any atom is -0.147 e. The van der Waals surface area contributed by atoms with Crippen molar-refractivity contribution in [3.05, 3.63) is 72.4 Å². The second-order valence-corrected chi connectivity index (χ2v) is 46.5. The monoisotopic (exact) mass is 616 g/mol. The van der Waals surface area contributed by atoms with Crippen LogP contribution < -0.4 is 3.32 Å². The van der Waals surface area contributed by atoms with Crippen LogP contribution in [0.25, 0.3) is 0 Å². The topological polar surface area (TPSA) is 0 Å². The van der Waals surface area contributed by atoms with Crippen molar-refractivity contribution in [2.24, 2.45) is 10.8 Å². The Kier molecular flexibility index (Phi) is 8.13. The molecular formula is C25H38Cl2HfSi. The smallest absolute Gasteiger partial charge is 0.147 e. The molecule has 0 atom stereocenters. The van der Waals surface area contributed by atoms with Gasteiger partial charge in [-0.2, -0.15) is 0 Å². The summed E-state index contributed by atoms with van der Waals surface area (Å²) in [4.78, 5) is 0. The number of hydrogen-bond donors (Lipinski definition) is 0. The van der Waals surface area contributed by atoms with Crippen molar-refractivity contribution in [3.63, 3.8) is 0 Å². The van der Waals surface area contributed by atoms with Crippen molar-refractivity contribution < 1.29 is 17.1 Å². The molecule has 0 fully saturated rings. The van der Waals surface area contributed by atoms with Crippen molar-refractivity contribution in [3.8, 4) is 0 Å². The van der Waals surface area contributed by atoms with Crippen LogP contribution in [0.4, 0.5) is 0 Å². The fourth-order valence-corrected chi connectivity index (χ4v) is 27.2. The molecule has 0 saturated heterocycles. The first kappa shape index (κ1) is 26.9. The van der Waals surface area contributed by atoms with Gasteiger partial charge in [-0.15, -0.1) is 24.8 Å². The van der Waals surface area contributed by atoms with Gasteiger partial charge in [-0.25, -0.2) is 0 Å². The SMILES string of the molecule is CC(C)(C)C1=CC[C]([Hf]([CH3])(=[SiH2])([C]2=CC(C(C)(C)C)=CC2)[c]2ccccc2)=C1.Cl.Cl. The van der Waals surface area contributed by atoms with Crippen molar-refractivity contribution in [1.82, 2.24) is 0 Å². The predicted molar refractivity (Wildman–Crippen MR) is 135 cm³/mol. The van der Waals surface area contributed by atoms with Gasteiger partial charge < -0.3 is 0 Å². The molecule has 2 aliphatic rings. The van der Waals surface area contributed by atoms with Crippen molar-refractivity contribution in [1.29, 1.82) is 0 Å². The van der Waals surface area contributed by atoms with Gasteiger partial charge >= 0.3 is 170 Å². The molecule has 2 aliphatic carbocycles. The molecular weight excluding hydrogens is 578 g/mol. The van der Waals surface area contributed by atoms with Gasteiger partial charge in [0.05, 0.1) is 0 Å². The minimum atomic E-state index is -3.63. The molecule has 0 aromatic heterocycles. The average Bonchev–Trinajstić information content (AvgIpc) is 3.25. The number of rotatable bonds is 3. The third-order valence-corrected chi connectivity index (χ3v) is 39.4. The van der Waals surface area contributed by atoms with Gasteiger partial charge in [0.1, 0.15) is 0 Å². The van der Waals surface area contributed by atoms with E-state index in [9.17, 15) is 0 Å². The standard InChI is InChI=1S/2C9H13.C6H5.CH3.2ClH.Hf.H2Si/c2*1-9(2,3)8-6-4-5-7-8;1-2-4-6-5-3-1;;;;;/h2*6-7H,4H2,1-3H3;1-5H;1H3;2*1H;;1H2. The van der Waals surface area contributed by atoms with Gasteiger partial charge in [-0.1, -0.05) is 0 Å². The summed E-state index contributed by atoms with van der Waals surface area (Å²) in [6, 6.07) is 11.5. The Bertz CT molecular complexity index is 897. The van der Waals surface area contributed by atoms with Gasteiger partial charge in [0, 0.05) is 0 Å². The summed E-state index contributed by atoms with van der Waals surface area (Å²) in [5, 5.41) is 0. The molecule has 0 nitrogen and oxygen atoms in total. The third-order valence-electron chi connectivity index (χ3n) is 6.77. The van der Waals surface area contributed by atoms with E-state index in [0.717, 1.165) is 12.8 Å². The van der Waals surface area contributed by atoms with E-state index in [1.807, 2.05) is 0 Å². The summed E-state index contributed by atoms with van der Waals surface area (Å²) in [5.41, 5.74) is 3.50. The van der Waals surface area contributed by atoms with E-state index in [4.69, 9.17) is 0 Å². The summed E-state index contributed by atoms with van der Waals surface area (Å²) in [6.45, 7) is 16.4. The van der Waals surface area contributed by atoms with Crippen LogP contribution in [0.3, 0.4) is 0 Å². The molecule has 0 unspecified atom stereocenters. The second kappa shape index (κ2) is 8.77. The molecule has 0 heterocycles. The molecule has 1 aromatic carbocycles. The minimum absolute atomic E-state index is 0. The zero-order chi connectivity index (χ0) is 20.1. The number of allylic oxidation sites excluding steroid dienone is 8. The molecule has 1 aromatic rings. The Hall–Kier alpha value is -0.153. The fraction of sp³-hybridized carbons (Fsp3) is 0.440. The normalized spacial score (nSPS) is 17.5. The molecule has 3 rings (SSSR count). The van der Waals surface area contributed by atoms with Crippen molar-refractivity contribution >= 4 is 35.1 Å². The molecule has 0 spiro atoms. The van der Waals surface area contributed by atoms with Crippen LogP contribution in [0.2, 0.25) is 4.68 Å². The molecule has 0 saturated carbocycles. The van der Waals surface area contributed by atoms with Crippen LogP contribution in [0, 0.1) is 10.8 Å². The largest absolute Gasteiger partial charge is 0.147 e. The molecule has 0 radical (unpaired) electrons. The van der Waals surface area contributed by atoms with Crippen LogP contribution >= 0.6 is 24.8 Å². The van der Waals surface area contributed by atoms with E-state index < -0.39 is 17.1 Å². The Labute approximate surface area is 193 Å². The van der Waals surface area contributed by atoms with E-state index in [1.165, 1.54) is 11.1 Å². The Balaban J connectivity index is 0.00000210. The van der Waals surface area contributed by atoms with Gasteiger partial charge in [-0.3, -0.25) is 0 Å². The van der Waals surface area contributed by atoms with E-state index in [2.05, 4.69) is 108 Å². The maximum atomic E-state index is 2.68. The zero-order valence-corrected chi connectivity index (χ0v) is 25.8. The molecule has 4 heteroatoms. The van der Waals surface area contributed by atoms with E-state index in [0.29, 0.717) is 0 Å². The van der Waals surface area contributed by atoms with Crippen LogP contribution in [0.15, 0.2) is 72.4 Å². The molecule has 0 aliphatic heterocycles. The molecule has 160 valence electrons. The van der Waals surface area contributed by atoms with Crippen molar-refractivity contribution in [2.75, 3.05) is 0 Å². The number of hydrogen-bond acceptors (Lipinski definition) is 0. The second-order valence-electron chi connectivity index (χ2n) is 10.9. The Morgan fingerprint density at radius 2 is 1.10 bits per heavy atom. The first-order valence-corrected chi connectivity index (χ1v) is 27.6. The predicted octanol–water partition coefficient (Wildman–Crippen LogP) is 6.96. The first-order valence-electron chi connectivity index (χ1n) is 10.3. The van der Waals surface area contributed by atoms with Crippen LogP contribution in [0.1, 0.15) is 54.4 Å². The quantitative estimate of drug-likeness (QED) is 0.323. The van der Waals surface area contributed by atoms with Crippen LogP contribution in [-0.4, -0.2) is 6.94 Å². The summed E-state index contributed by atoms with van der Waals surface area (Å²) in [7, 11) is 0. The molecule has 0 N–H and O–H groups in total. The van der Waals surface area contributed by atoms with Crippen LogP contribution in [0.5, 0.6) is 0 Å². The third kappa shape index (κ3) is 4.86. The Morgan fingerprint density at radius 1 is 0.724 bits per heavy atom. The van der Waals surface area contributed by atoms with E-state index in [-0.39, 0.29) is 35.6 Å². The number of halogens is 2. The van der Waals surface area contributed by atoms with E-state index >= 15 is 0 Å². The van der Waals surface area contributed by atoms with Crippen molar-refractivity contribution in [2.45, 2.75) is 59.1 Å². The maximum absolute atomic E-state index is 3.63. The van der Waals surface area contributed by atoms with Gasteiger partial charge in [0.25, 0.3) is 0 Å². The van der Waals surface area contributed by atoms with Gasteiger partial charge in [0.15, 0.2) is 0 Å². The fourth-order valence-electron chi connectivity index (χ4n) is 4.51. The Morgan fingerprint density at radius 3 is 1.41 bits per heavy atom.